The van der Waals surface area contributed by atoms with Gasteiger partial charge in [-0.3, -0.25) is 14.4 Å². The van der Waals surface area contributed by atoms with E-state index >= 15 is 0 Å². The van der Waals surface area contributed by atoms with Gasteiger partial charge in [-0.05, 0) is 67.2 Å². The minimum absolute atomic E-state index is 0.00402. The molecule has 3 N–H and O–H groups in total. The third-order valence-electron chi connectivity index (χ3n) is 7.65. The van der Waals surface area contributed by atoms with Crippen molar-refractivity contribution in [3.05, 3.63) is 107 Å². The molecule has 2 aliphatic heterocycles. The number of morpholine rings is 1. The molecule has 5 rings (SSSR count). The standard InChI is InChI=1S/C33H32F2N6O4/c1-37-28(17-34)32(43)39-31-33(44)41(29(19-38-31)24-4-2-3-21(13-24)18-36)20-22-14-25(30(42)23-5-7-26(35)8-6-23)16-27(15-22)40-9-11-45-12-10-40/h2-8,13-16,19,28,31,37-38H,9-12,17,20H2,1H3,(H,39,43)/t28?,31-/m1/s1. The monoisotopic (exact) mass is 614 g/mol. The summed E-state index contributed by atoms with van der Waals surface area (Å²) in [7, 11) is 1.44. The summed E-state index contributed by atoms with van der Waals surface area (Å²) in [6.07, 6.45) is 0.355. The van der Waals surface area contributed by atoms with E-state index in [1.54, 1.807) is 42.6 Å². The number of ether oxygens (including phenoxy) is 1. The summed E-state index contributed by atoms with van der Waals surface area (Å²) in [5, 5.41) is 17.5. The van der Waals surface area contributed by atoms with Crippen LogP contribution in [0.1, 0.15) is 32.6 Å². The number of carbonyl (C=O) groups is 3. The zero-order valence-corrected chi connectivity index (χ0v) is 24.6. The molecule has 2 aliphatic rings. The molecule has 232 valence electrons. The van der Waals surface area contributed by atoms with Gasteiger partial charge in [-0.15, -0.1) is 0 Å². The molecule has 1 fully saturated rings. The van der Waals surface area contributed by atoms with Crippen LogP contribution in [-0.2, 0) is 20.9 Å². The average Bonchev–Trinajstić information content (AvgIpc) is 3.07. The highest BCUT2D eigenvalue weighted by Crippen LogP contribution is 2.29. The van der Waals surface area contributed by atoms with Gasteiger partial charge in [-0.2, -0.15) is 5.26 Å². The van der Waals surface area contributed by atoms with Crippen LogP contribution in [0.3, 0.4) is 0 Å². The SMILES string of the molecule is CNC(CF)C(=O)N[C@H]1NC=C(c2cccc(C#N)c2)N(Cc2cc(C(=O)c3ccc(F)cc3)cc(N3CCOCC3)c2)C1=O. The van der Waals surface area contributed by atoms with E-state index in [1.165, 1.54) is 36.2 Å². The van der Waals surface area contributed by atoms with Crippen LogP contribution in [0.4, 0.5) is 14.5 Å². The predicted octanol–water partition coefficient (Wildman–Crippen LogP) is 2.70. The molecular weight excluding hydrogens is 582 g/mol. The number of amides is 2. The first-order chi connectivity index (χ1) is 21.8. The number of nitrogens with zero attached hydrogens (tertiary/aromatic N) is 3. The number of carbonyl (C=O) groups excluding carboxylic acids is 3. The summed E-state index contributed by atoms with van der Waals surface area (Å²) in [6.45, 7) is 1.25. The minimum atomic E-state index is -1.20. The Labute approximate surface area is 259 Å². The van der Waals surface area contributed by atoms with Gasteiger partial charge in [0.2, 0.25) is 5.91 Å². The highest BCUT2D eigenvalue weighted by atomic mass is 19.1. The first-order valence-corrected chi connectivity index (χ1v) is 14.4. The van der Waals surface area contributed by atoms with Gasteiger partial charge in [0.05, 0.1) is 37.1 Å². The maximum Gasteiger partial charge on any atom is 0.270 e. The third-order valence-corrected chi connectivity index (χ3v) is 7.65. The van der Waals surface area contributed by atoms with E-state index in [9.17, 15) is 28.4 Å². The molecule has 2 amide bonds. The summed E-state index contributed by atoms with van der Waals surface area (Å²) in [5.74, 6) is -2.00. The highest BCUT2D eigenvalue weighted by molar-refractivity contribution is 6.09. The van der Waals surface area contributed by atoms with Crippen LogP contribution in [0, 0.1) is 17.1 Å². The van der Waals surface area contributed by atoms with Crippen LogP contribution < -0.4 is 20.9 Å². The molecule has 2 heterocycles. The molecule has 0 radical (unpaired) electrons. The van der Waals surface area contributed by atoms with Crippen molar-refractivity contribution in [2.75, 3.05) is 44.9 Å². The molecular formula is C33H32F2N6O4. The largest absolute Gasteiger partial charge is 0.378 e. The van der Waals surface area contributed by atoms with Crippen LogP contribution in [0.5, 0.6) is 0 Å². The van der Waals surface area contributed by atoms with Gasteiger partial charge in [0, 0.05) is 41.7 Å². The lowest BCUT2D eigenvalue weighted by Gasteiger charge is -2.35. The number of halogens is 2. The predicted molar refractivity (Wildman–Crippen MR) is 163 cm³/mol. The van der Waals surface area contributed by atoms with Gasteiger partial charge in [0.1, 0.15) is 18.5 Å². The first-order valence-electron chi connectivity index (χ1n) is 14.4. The number of hydrogen-bond donors (Lipinski definition) is 3. The number of ketones is 1. The Balaban J connectivity index is 1.54. The fourth-order valence-corrected chi connectivity index (χ4v) is 5.21. The molecule has 3 aromatic rings. The fourth-order valence-electron chi connectivity index (χ4n) is 5.21. The van der Waals surface area contributed by atoms with Crippen molar-refractivity contribution in [3.8, 4) is 6.07 Å². The smallest absolute Gasteiger partial charge is 0.270 e. The number of benzene rings is 3. The first kappa shape index (κ1) is 31.3. The Morgan fingerprint density at radius 2 is 1.84 bits per heavy atom. The van der Waals surface area contributed by atoms with Crippen LogP contribution in [0.15, 0.2) is 72.9 Å². The quantitative estimate of drug-likeness (QED) is 0.298. The van der Waals surface area contributed by atoms with Gasteiger partial charge in [0.25, 0.3) is 5.91 Å². The van der Waals surface area contributed by atoms with Gasteiger partial charge >= 0.3 is 0 Å². The number of nitrogens with one attached hydrogen (secondary N) is 3. The lowest BCUT2D eigenvalue weighted by molar-refractivity contribution is -0.136. The second-order valence-electron chi connectivity index (χ2n) is 10.6. The fraction of sp³-hybridized carbons (Fsp3) is 0.273. The van der Waals surface area contributed by atoms with E-state index in [1.807, 2.05) is 6.07 Å². The van der Waals surface area contributed by atoms with Gasteiger partial charge in [-0.25, -0.2) is 8.78 Å². The molecule has 2 atom stereocenters. The summed E-state index contributed by atoms with van der Waals surface area (Å²) in [6, 6.07) is 18.3. The Kier molecular flexibility index (Phi) is 9.82. The van der Waals surface area contributed by atoms with Crippen molar-refractivity contribution < 1.29 is 27.9 Å². The van der Waals surface area contributed by atoms with Gasteiger partial charge in [-0.1, -0.05) is 12.1 Å². The van der Waals surface area contributed by atoms with E-state index in [4.69, 9.17) is 4.74 Å². The topological polar surface area (TPSA) is 127 Å². The van der Waals surface area contributed by atoms with E-state index in [-0.39, 0.29) is 12.3 Å². The van der Waals surface area contributed by atoms with E-state index in [0.29, 0.717) is 59.8 Å². The van der Waals surface area contributed by atoms with Crippen LogP contribution in [-0.4, -0.2) is 74.7 Å². The van der Waals surface area contributed by atoms with Crippen LogP contribution in [0.2, 0.25) is 0 Å². The molecule has 3 aromatic carbocycles. The maximum atomic E-state index is 14.0. The summed E-state index contributed by atoms with van der Waals surface area (Å²) in [4.78, 5) is 43.7. The third kappa shape index (κ3) is 7.17. The Hall–Kier alpha value is -5.12. The lowest BCUT2D eigenvalue weighted by Crippen LogP contribution is -2.59. The molecule has 1 saturated heterocycles. The average molecular weight is 615 g/mol. The molecule has 12 heteroatoms. The van der Waals surface area contributed by atoms with Crippen molar-refractivity contribution in [1.29, 1.82) is 5.26 Å². The summed E-state index contributed by atoms with van der Waals surface area (Å²) >= 11 is 0. The van der Waals surface area contributed by atoms with Crippen molar-refractivity contribution in [3.63, 3.8) is 0 Å². The van der Waals surface area contributed by atoms with E-state index < -0.39 is 36.5 Å². The minimum Gasteiger partial charge on any atom is -0.378 e. The molecule has 1 unspecified atom stereocenters. The van der Waals surface area contributed by atoms with E-state index in [2.05, 4.69) is 26.9 Å². The number of hydrogen-bond acceptors (Lipinski definition) is 8. The number of rotatable bonds is 10. The lowest BCUT2D eigenvalue weighted by atomic mass is 9.99. The van der Waals surface area contributed by atoms with Crippen molar-refractivity contribution in [1.82, 2.24) is 20.9 Å². The molecule has 0 aromatic heterocycles. The highest BCUT2D eigenvalue weighted by Gasteiger charge is 2.34. The van der Waals surface area contributed by atoms with Crippen molar-refractivity contribution in [2.24, 2.45) is 0 Å². The molecule has 10 nitrogen and oxygen atoms in total. The second kappa shape index (κ2) is 14.1. The van der Waals surface area contributed by atoms with Gasteiger partial charge < -0.3 is 30.5 Å². The molecule has 0 bridgehead atoms. The van der Waals surface area contributed by atoms with Crippen LogP contribution >= 0.6 is 0 Å². The normalized spacial score (nSPS) is 17.2. The summed E-state index contributed by atoms with van der Waals surface area (Å²) < 4.78 is 32.5. The second-order valence-corrected chi connectivity index (χ2v) is 10.6. The number of likely N-dealkylation sites (N-methyl/N-ethyl adjacent to an activating group) is 1. The number of nitriles is 1. The number of anilines is 1. The Morgan fingerprint density at radius 3 is 2.53 bits per heavy atom. The van der Waals surface area contributed by atoms with Crippen molar-refractivity contribution in [2.45, 2.75) is 18.8 Å². The Bertz CT molecular complexity index is 1650. The van der Waals surface area contributed by atoms with E-state index in [0.717, 1.165) is 5.69 Å². The Morgan fingerprint density at radius 1 is 1.09 bits per heavy atom. The maximum absolute atomic E-state index is 14.0. The number of alkyl halides is 1. The van der Waals surface area contributed by atoms with Gasteiger partial charge in [0.15, 0.2) is 11.9 Å². The molecule has 0 saturated carbocycles. The molecule has 0 aliphatic carbocycles. The summed E-state index contributed by atoms with van der Waals surface area (Å²) in [5.41, 5.74) is 3.42. The zero-order valence-electron chi connectivity index (χ0n) is 24.6. The molecule has 45 heavy (non-hydrogen) atoms. The molecule has 0 spiro atoms. The van der Waals surface area contributed by atoms with Crippen molar-refractivity contribution >= 4 is 29.0 Å². The van der Waals surface area contributed by atoms with Crippen LogP contribution in [0.25, 0.3) is 5.70 Å². The zero-order chi connectivity index (χ0) is 31.9.